The number of ether oxygens (including phenoxy) is 1. The smallest absolute Gasteiger partial charge is 0.191 e. The number of aliphatic imine (C=N–C) groups is 1. The molecular formula is C18H27IN4O. The van der Waals surface area contributed by atoms with Crippen LogP contribution in [0.4, 0.5) is 0 Å². The van der Waals surface area contributed by atoms with E-state index >= 15 is 0 Å². The molecule has 0 fully saturated rings. The molecule has 0 unspecified atom stereocenters. The average molecular weight is 442 g/mol. The van der Waals surface area contributed by atoms with Crippen LogP contribution in [-0.2, 0) is 11.3 Å². The number of fused-ring (bicyclic) bond motifs is 1. The van der Waals surface area contributed by atoms with Crippen LogP contribution in [0.2, 0.25) is 0 Å². The van der Waals surface area contributed by atoms with Crippen LogP contribution in [0, 0.1) is 0 Å². The van der Waals surface area contributed by atoms with Gasteiger partial charge in [-0.15, -0.1) is 24.0 Å². The van der Waals surface area contributed by atoms with Gasteiger partial charge in [0.2, 0.25) is 0 Å². The third-order valence-corrected chi connectivity index (χ3v) is 3.72. The quantitative estimate of drug-likeness (QED) is 0.410. The second-order valence-electron chi connectivity index (χ2n) is 5.99. The summed E-state index contributed by atoms with van der Waals surface area (Å²) in [6.07, 6.45) is 1.83. The van der Waals surface area contributed by atoms with Crippen molar-refractivity contribution < 1.29 is 4.74 Å². The Bertz CT molecular complexity index is 668. The van der Waals surface area contributed by atoms with Gasteiger partial charge in [-0.3, -0.25) is 4.98 Å². The summed E-state index contributed by atoms with van der Waals surface area (Å²) in [6, 6.07) is 10.3. The number of hydrogen-bond donors (Lipinski definition) is 2. The van der Waals surface area contributed by atoms with Crippen molar-refractivity contribution >= 4 is 40.7 Å². The molecule has 0 aliphatic rings. The first-order chi connectivity index (χ1) is 11.1. The Labute approximate surface area is 161 Å². The Kier molecular flexibility index (Phi) is 8.41. The van der Waals surface area contributed by atoms with Gasteiger partial charge < -0.3 is 15.4 Å². The van der Waals surface area contributed by atoms with Crippen molar-refractivity contribution in [1.29, 1.82) is 0 Å². The van der Waals surface area contributed by atoms with Gasteiger partial charge in [0.05, 0.1) is 17.8 Å². The summed E-state index contributed by atoms with van der Waals surface area (Å²) in [6.45, 7) is 8.14. The van der Waals surface area contributed by atoms with Gasteiger partial charge in [-0.05, 0) is 32.2 Å². The Morgan fingerprint density at radius 2 is 1.96 bits per heavy atom. The van der Waals surface area contributed by atoms with Crippen LogP contribution >= 0.6 is 24.0 Å². The minimum absolute atomic E-state index is 0. The highest BCUT2D eigenvalue weighted by Crippen LogP contribution is 2.16. The summed E-state index contributed by atoms with van der Waals surface area (Å²) in [4.78, 5) is 9.12. The second-order valence-corrected chi connectivity index (χ2v) is 5.99. The van der Waals surface area contributed by atoms with Crippen LogP contribution in [0.5, 0.6) is 0 Å². The highest BCUT2D eigenvalue weighted by Gasteiger charge is 2.16. The third kappa shape index (κ3) is 5.90. The summed E-state index contributed by atoms with van der Waals surface area (Å²) in [7, 11) is 1.71. The maximum Gasteiger partial charge on any atom is 0.191 e. The lowest BCUT2D eigenvalue weighted by atomic mass is 10.1. The highest BCUT2D eigenvalue weighted by molar-refractivity contribution is 14.0. The Balaban J connectivity index is 0.00000288. The fourth-order valence-electron chi connectivity index (χ4n) is 2.17. The van der Waals surface area contributed by atoms with Crippen molar-refractivity contribution in [1.82, 2.24) is 15.6 Å². The van der Waals surface area contributed by atoms with E-state index in [0.717, 1.165) is 23.6 Å². The van der Waals surface area contributed by atoms with E-state index in [0.29, 0.717) is 13.1 Å². The fraction of sp³-hybridized carbons (Fsp3) is 0.444. The summed E-state index contributed by atoms with van der Waals surface area (Å²) in [5.41, 5.74) is 0.736. The molecule has 0 bridgehead atoms. The van der Waals surface area contributed by atoms with Gasteiger partial charge in [0.15, 0.2) is 5.96 Å². The number of hydrogen-bond acceptors (Lipinski definition) is 3. The lowest BCUT2D eigenvalue weighted by Crippen LogP contribution is -2.45. The molecule has 0 amide bonds. The van der Waals surface area contributed by atoms with E-state index in [9.17, 15) is 0 Å². The molecule has 6 heteroatoms. The summed E-state index contributed by atoms with van der Waals surface area (Å²) in [5.74, 6) is 0.771. The number of nitrogens with zero attached hydrogens (tertiary/aromatic N) is 2. The average Bonchev–Trinajstić information content (AvgIpc) is 2.57. The van der Waals surface area contributed by atoms with E-state index < -0.39 is 0 Å². The monoisotopic (exact) mass is 442 g/mol. The molecule has 1 heterocycles. The standard InChI is InChI=1S/C18H26N4O.HI/c1-5-19-17(22-13-18(2,3)23-4)21-12-16-15-9-7-6-8-14(15)10-11-20-16;/h6-11H,5,12-13H2,1-4H3,(H2,19,21,22);1H. The molecule has 2 rings (SSSR count). The number of rotatable bonds is 6. The van der Waals surface area contributed by atoms with Crippen LogP contribution in [-0.4, -0.2) is 36.7 Å². The van der Waals surface area contributed by atoms with Gasteiger partial charge in [-0.25, -0.2) is 4.99 Å². The first-order valence-electron chi connectivity index (χ1n) is 7.95. The van der Waals surface area contributed by atoms with E-state index in [-0.39, 0.29) is 29.6 Å². The summed E-state index contributed by atoms with van der Waals surface area (Å²) < 4.78 is 5.43. The van der Waals surface area contributed by atoms with Crippen LogP contribution in [0.25, 0.3) is 10.8 Å². The predicted molar refractivity (Wildman–Crippen MR) is 111 cm³/mol. The highest BCUT2D eigenvalue weighted by atomic mass is 127. The van der Waals surface area contributed by atoms with E-state index in [1.165, 1.54) is 5.39 Å². The number of pyridine rings is 1. The first kappa shape index (κ1) is 20.6. The van der Waals surface area contributed by atoms with Crippen molar-refractivity contribution in [3.8, 4) is 0 Å². The van der Waals surface area contributed by atoms with Crippen LogP contribution < -0.4 is 10.6 Å². The van der Waals surface area contributed by atoms with E-state index in [4.69, 9.17) is 4.74 Å². The molecule has 24 heavy (non-hydrogen) atoms. The van der Waals surface area contributed by atoms with Crippen LogP contribution in [0.1, 0.15) is 26.5 Å². The van der Waals surface area contributed by atoms with Gasteiger partial charge in [-0.1, -0.05) is 24.3 Å². The van der Waals surface area contributed by atoms with Crippen molar-refractivity contribution in [2.45, 2.75) is 32.9 Å². The number of aromatic nitrogens is 1. The van der Waals surface area contributed by atoms with E-state index in [1.54, 1.807) is 7.11 Å². The first-order valence-corrected chi connectivity index (χ1v) is 7.95. The summed E-state index contributed by atoms with van der Waals surface area (Å²) >= 11 is 0. The molecule has 0 radical (unpaired) electrons. The van der Waals surface area contributed by atoms with Crippen molar-refractivity contribution in [3.63, 3.8) is 0 Å². The normalized spacial score (nSPS) is 11.9. The second kappa shape index (κ2) is 9.78. The molecule has 132 valence electrons. The molecule has 0 aliphatic heterocycles. The lowest BCUT2D eigenvalue weighted by Gasteiger charge is -2.24. The third-order valence-electron chi connectivity index (χ3n) is 3.72. The van der Waals surface area contributed by atoms with Gasteiger partial charge in [0.25, 0.3) is 0 Å². The molecule has 0 spiro atoms. The van der Waals surface area contributed by atoms with Gasteiger partial charge in [0, 0.05) is 31.8 Å². The minimum atomic E-state index is -0.242. The molecule has 2 N–H and O–H groups in total. The van der Waals surface area contributed by atoms with E-state index in [1.807, 2.05) is 38.2 Å². The maximum atomic E-state index is 5.43. The Morgan fingerprint density at radius 1 is 1.21 bits per heavy atom. The molecule has 5 nitrogen and oxygen atoms in total. The zero-order chi connectivity index (χ0) is 16.7. The molecule has 0 atom stereocenters. The fourth-order valence-corrected chi connectivity index (χ4v) is 2.17. The molecule has 1 aromatic heterocycles. The topological polar surface area (TPSA) is 58.5 Å². The molecule has 0 saturated carbocycles. The number of halogens is 1. The SMILES string of the molecule is CCNC(=NCc1nccc2ccccc12)NCC(C)(C)OC.I. The molecule has 2 aromatic rings. The number of methoxy groups -OCH3 is 1. The van der Waals surface area contributed by atoms with Crippen molar-refractivity contribution in [3.05, 3.63) is 42.2 Å². The maximum absolute atomic E-state index is 5.43. The molecule has 0 aliphatic carbocycles. The van der Waals surface area contributed by atoms with Gasteiger partial charge in [0.1, 0.15) is 0 Å². The summed E-state index contributed by atoms with van der Waals surface area (Å²) in [5, 5.41) is 8.90. The van der Waals surface area contributed by atoms with Crippen molar-refractivity contribution in [2.75, 3.05) is 20.2 Å². The number of benzene rings is 1. The van der Waals surface area contributed by atoms with Crippen LogP contribution in [0.3, 0.4) is 0 Å². The van der Waals surface area contributed by atoms with E-state index in [2.05, 4.69) is 39.7 Å². The molecule has 1 aromatic carbocycles. The van der Waals surface area contributed by atoms with Crippen molar-refractivity contribution in [2.24, 2.45) is 4.99 Å². The molecular weight excluding hydrogens is 415 g/mol. The number of nitrogens with one attached hydrogen (secondary N) is 2. The zero-order valence-electron chi connectivity index (χ0n) is 14.8. The Morgan fingerprint density at radius 3 is 2.67 bits per heavy atom. The van der Waals surface area contributed by atoms with Gasteiger partial charge >= 0.3 is 0 Å². The predicted octanol–water partition coefficient (Wildman–Crippen LogP) is 3.33. The lowest BCUT2D eigenvalue weighted by molar-refractivity contribution is 0.0268. The minimum Gasteiger partial charge on any atom is -0.377 e. The largest absolute Gasteiger partial charge is 0.377 e. The Hall–Kier alpha value is -1.41. The molecule has 0 saturated heterocycles. The zero-order valence-corrected chi connectivity index (χ0v) is 17.1. The van der Waals surface area contributed by atoms with Gasteiger partial charge in [-0.2, -0.15) is 0 Å². The van der Waals surface area contributed by atoms with Crippen LogP contribution in [0.15, 0.2) is 41.5 Å². The number of guanidine groups is 1.